The van der Waals surface area contributed by atoms with Crippen LogP contribution < -0.4 is 4.72 Å². The first kappa shape index (κ1) is 15.2. The molecule has 1 aromatic heterocycles. The Morgan fingerprint density at radius 2 is 1.95 bits per heavy atom. The fourth-order valence-electron chi connectivity index (χ4n) is 2.32. The van der Waals surface area contributed by atoms with Crippen LogP contribution in [0.4, 0.5) is 0 Å². The molecule has 0 bridgehead atoms. The monoisotopic (exact) mass is 337 g/mol. The summed E-state index contributed by atoms with van der Waals surface area (Å²) in [6.45, 7) is 0. The fraction of sp³-hybridized carbons (Fsp3) is 0.267. The second-order valence-corrected chi connectivity index (χ2v) is 8.16. The van der Waals surface area contributed by atoms with Crippen molar-refractivity contribution in [3.8, 4) is 0 Å². The molecule has 0 spiro atoms. The molecule has 1 atom stereocenters. The molecule has 1 heterocycles. The van der Waals surface area contributed by atoms with E-state index < -0.39 is 16.0 Å². The first-order chi connectivity index (χ1) is 10.5. The quantitative estimate of drug-likeness (QED) is 0.849. The predicted molar refractivity (Wildman–Crippen MR) is 83.5 cm³/mol. The molecule has 1 aliphatic rings. The van der Waals surface area contributed by atoms with Gasteiger partial charge in [0.2, 0.25) is 0 Å². The molecule has 116 valence electrons. The van der Waals surface area contributed by atoms with Crippen molar-refractivity contribution in [2.45, 2.75) is 23.1 Å². The zero-order valence-electron chi connectivity index (χ0n) is 11.6. The average molecular weight is 337 g/mol. The highest BCUT2D eigenvalue weighted by Crippen LogP contribution is 2.41. The number of aromatic carboxylic acids is 1. The lowest BCUT2D eigenvalue weighted by Gasteiger charge is -2.18. The highest BCUT2D eigenvalue weighted by Gasteiger charge is 2.35. The standard InChI is InChI=1S/C15H15NO4S2/c17-15(18)12-8-13(21-9-12)22(19,20)16-14(11-6-7-11)10-4-2-1-3-5-10/h1-5,8-9,11,14,16H,6-7H2,(H,17,18). The Balaban J connectivity index is 1.86. The molecule has 1 unspecified atom stereocenters. The maximum Gasteiger partial charge on any atom is 0.336 e. The first-order valence-corrected chi connectivity index (χ1v) is 9.23. The number of hydrogen-bond donors (Lipinski definition) is 2. The molecule has 22 heavy (non-hydrogen) atoms. The van der Waals surface area contributed by atoms with Crippen LogP contribution in [0.3, 0.4) is 0 Å². The highest BCUT2D eigenvalue weighted by atomic mass is 32.2. The van der Waals surface area contributed by atoms with Crippen LogP contribution in [-0.4, -0.2) is 19.5 Å². The predicted octanol–water partition coefficient (Wildman–Crippen LogP) is 2.88. The number of carboxylic acids is 1. The molecule has 0 amide bonds. The van der Waals surface area contributed by atoms with E-state index in [0.29, 0.717) is 5.92 Å². The third kappa shape index (κ3) is 3.21. The zero-order chi connectivity index (χ0) is 15.7. The Bertz CT molecular complexity index is 779. The SMILES string of the molecule is O=C(O)c1csc(S(=O)(=O)NC(c2ccccc2)C2CC2)c1. The first-order valence-electron chi connectivity index (χ1n) is 6.86. The van der Waals surface area contributed by atoms with Crippen LogP contribution in [-0.2, 0) is 10.0 Å². The van der Waals surface area contributed by atoms with Crippen molar-refractivity contribution in [2.24, 2.45) is 5.92 Å². The van der Waals surface area contributed by atoms with E-state index in [2.05, 4.69) is 4.72 Å². The molecule has 1 aromatic carbocycles. The molecule has 2 aromatic rings. The summed E-state index contributed by atoms with van der Waals surface area (Å²) >= 11 is 0.923. The summed E-state index contributed by atoms with van der Waals surface area (Å²) < 4.78 is 27.7. The number of nitrogens with one attached hydrogen (secondary N) is 1. The second-order valence-electron chi connectivity index (χ2n) is 5.31. The van der Waals surface area contributed by atoms with E-state index in [4.69, 9.17) is 5.11 Å². The molecule has 0 aliphatic heterocycles. The van der Waals surface area contributed by atoms with Crippen molar-refractivity contribution in [3.05, 3.63) is 52.9 Å². The molecule has 5 nitrogen and oxygen atoms in total. The lowest BCUT2D eigenvalue weighted by molar-refractivity contribution is 0.0697. The van der Waals surface area contributed by atoms with Gasteiger partial charge in [-0.15, -0.1) is 11.3 Å². The van der Waals surface area contributed by atoms with Crippen molar-refractivity contribution < 1.29 is 18.3 Å². The lowest BCUT2D eigenvalue weighted by Crippen LogP contribution is -2.29. The van der Waals surface area contributed by atoms with Crippen molar-refractivity contribution in [3.63, 3.8) is 0 Å². The molecule has 1 aliphatic carbocycles. The number of hydrogen-bond acceptors (Lipinski definition) is 4. The Kier molecular flexibility index (Phi) is 4.03. The van der Waals surface area contributed by atoms with E-state index in [0.717, 1.165) is 29.7 Å². The van der Waals surface area contributed by atoms with Gasteiger partial charge in [-0.25, -0.2) is 17.9 Å². The topological polar surface area (TPSA) is 83.5 Å². The lowest BCUT2D eigenvalue weighted by atomic mass is 10.0. The Labute approximate surface area is 132 Å². The van der Waals surface area contributed by atoms with Crippen LogP contribution in [0.15, 0.2) is 46.0 Å². The summed E-state index contributed by atoms with van der Waals surface area (Å²) in [5.41, 5.74) is 0.927. The number of benzene rings is 1. The largest absolute Gasteiger partial charge is 0.478 e. The van der Waals surface area contributed by atoms with Crippen molar-refractivity contribution in [2.75, 3.05) is 0 Å². The molecule has 1 fully saturated rings. The van der Waals surface area contributed by atoms with E-state index >= 15 is 0 Å². The number of carbonyl (C=O) groups is 1. The number of carboxylic acid groups (broad SMARTS) is 1. The number of thiophene rings is 1. The summed E-state index contributed by atoms with van der Waals surface area (Å²) in [5, 5.41) is 10.3. The normalized spacial score (nSPS) is 16.4. The van der Waals surface area contributed by atoms with Gasteiger partial charge in [-0.2, -0.15) is 0 Å². The van der Waals surface area contributed by atoms with Crippen LogP contribution in [0.2, 0.25) is 0 Å². The second kappa shape index (κ2) is 5.83. The minimum absolute atomic E-state index is 0.00643. The molecular formula is C15H15NO4S2. The molecule has 0 saturated heterocycles. The van der Waals surface area contributed by atoms with Gasteiger partial charge in [0.15, 0.2) is 0 Å². The summed E-state index contributed by atoms with van der Waals surface area (Å²) in [5.74, 6) is -0.824. The van der Waals surface area contributed by atoms with Crippen LogP contribution in [0.1, 0.15) is 34.8 Å². The van der Waals surface area contributed by atoms with Gasteiger partial charge in [-0.3, -0.25) is 0 Å². The highest BCUT2D eigenvalue weighted by molar-refractivity contribution is 7.91. The van der Waals surface area contributed by atoms with Crippen molar-refractivity contribution in [1.29, 1.82) is 0 Å². The minimum atomic E-state index is -3.72. The van der Waals surface area contributed by atoms with Crippen LogP contribution in [0.25, 0.3) is 0 Å². The van der Waals surface area contributed by atoms with E-state index in [1.54, 1.807) is 0 Å². The minimum Gasteiger partial charge on any atom is -0.478 e. The molecule has 1 saturated carbocycles. The maximum atomic E-state index is 12.5. The van der Waals surface area contributed by atoms with Gasteiger partial charge >= 0.3 is 5.97 Å². The third-order valence-corrected chi connectivity index (χ3v) is 6.50. The van der Waals surface area contributed by atoms with Crippen molar-refractivity contribution in [1.82, 2.24) is 4.72 Å². The van der Waals surface area contributed by atoms with Crippen LogP contribution in [0.5, 0.6) is 0 Å². The molecule has 7 heteroatoms. The van der Waals surface area contributed by atoms with E-state index in [1.807, 2.05) is 30.3 Å². The van der Waals surface area contributed by atoms with Gasteiger partial charge in [0.25, 0.3) is 10.0 Å². The smallest absolute Gasteiger partial charge is 0.336 e. The van der Waals surface area contributed by atoms with E-state index in [-0.39, 0.29) is 15.8 Å². The Morgan fingerprint density at radius 3 is 2.50 bits per heavy atom. The molecule has 0 radical (unpaired) electrons. The van der Waals surface area contributed by atoms with Gasteiger partial charge in [-0.1, -0.05) is 30.3 Å². The average Bonchev–Trinajstić information content (AvgIpc) is 3.20. The Morgan fingerprint density at radius 1 is 1.27 bits per heavy atom. The van der Waals surface area contributed by atoms with E-state index in [9.17, 15) is 13.2 Å². The molecule has 3 rings (SSSR count). The maximum absolute atomic E-state index is 12.5. The summed E-state index contributed by atoms with van der Waals surface area (Å²) in [6, 6.07) is 10.4. The fourth-order valence-corrected chi connectivity index (χ4v) is 4.78. The zero-order valence-corrected chi connectivity index (χ0v) is 13.2. The van der Waals surface area contributed by atoms with Crippen LogP contribution >= 0.6 is 11.3 Å². The van der Waals surface area contributed by atoms with Crippen LogP contribution in [0, 0.1) is 5.92 Å². The van der Waals surface area contributed by atoms with Gasteiger partial charge in [0.1, 0.15) is 4.21 Å². The number of rotatable bonds is 6. The van der Waals surface area contributed by atoms with Gasteiger partial charge in [0.05, 0.1) is 5.56 Å². The van der Waals surface area contributed by atoms with Crippen molar-refractivity contribution >= 4 is 27.3 Å². The molecule has 2 N–H and O–H groups in total. The summed E-state index contributed by atoms with van der Waals surface area (Å²) in [4.78, 5) is 10.9. The summed E-state index contributed by atoms with van der Waals surface area (Å²) in [7, 11) is -3.72. The summed E-state index contributed by atoms with van der Waals surface area (Å²) in [6.07, 6.45) is 1.99. The Hall–Kier alpha value is -1.70. The van der Waals surface area contributed by atoms with Gasteiger partial charge < -0.3 is 5.11 Å². The number of sulfonamides is 1. The van der Waals surface area contributed by atoms with Gasteiger partial charge in [-0.05, 0) is 30.4 Å². The van der Waals surface area contributed by atoms with Gasteiger partial charge in [0, 0.05) is 11.4 Å². The van der Waals surface area contributed by atoms with E-state index in [1.165, 1.54) is 11.4 Å². The molecular weight excluding hydrogens is 322 g/mol. The third-order valence-electron chi connectivity index (χ3n) is 3.62.